The monoisotopic (exact) mass is 349 g/mol. The predicted molar refractivity (Wildman–Crippen MR) is 101 cm³/mol. The minimum Gasteiger partial charge on any atom is -0.497 e. The Morgan fingerprint density at radius 2 is 1.69 bits per heavy atom. The smallest absolute Gasteiger partial charge is 0.259 e. The number of amides is 1. The van der Waals surface area contributed by atoms with Crippen LogP contribution in [0.5, 0.6) is 17.2 Å². The number of hydrogen-bond acceptors (Lipinski definition) is 5. The van der Waals surface area contributed by atoms with E-state index in [1.165, 1.54) is 0 Å². The summed E-state index contributed by atoms with van der Waals surface area (Å²) < 4.78 is 11.0. The second-order valence-electron chi connectivity index (χ2n) is 5.65. The number of hydrogen-bond donors (Lipinski definition) is 2. The number of nitrogens with one attached hydrogen (secondary N) is 1. The van der Waals surface area contributed by atoms with Crippen molar-refractivity contribution in [1.82, 2.24) is 4.98 Å². The molecule has 2 aromatic carbocycles. The molecule has 0 aliphatic heterocycles. The van der Waals surface area contributed by atoms with Crippen molar-refractivity contribution < 1.29 is 14.3 Å². The molecule has 6 nitrogen and oxygen atoms in total. The Bertz CT molecular complexity index is 941. The molecule has 1 heterocycles. The summed E-state index contributed by atoms with van der Waals surface area (Å²) in [6.45, 7) is 1.82. The molecule has 0 bridgehead atoms. The van der Waals surface area contributed by atoms with Crippen molar-refractivity contribution in [3.8, 4) is 17.2 Å². The molecule has 0 fully saturated rings. The highest BCUT2D eigenvalue weighted by Gasteiger charge is 2.11. The molecule has 3 rings (SSSR count). The van der Waals surface area contributed by atoms with Crippen LogP contribution in [0.25, 0.3) is 0 Å². The zero-order valence-corrected chi connectivity index (χ0v) is 14.5. The maximum Gasteiger partial charge on any atom is 0.259 e. The van der Waals surface area contributed by atoms with E-state index in [1.54, 1.807) is 49.6 Å². The lowest BCUT2D eigenvalue weighted by Gasteiger charge is -2.10. The fraction of sp³-hybridized carbons (Fsp3) is 0.100. The zero-order valence-electron chi connectivity index (χ0n) is 14.5. The molecule has 0 radical (unpaired) electrons. The molecule has 0 aliphatic carbocycles. The van der Waals surface area contributed by atoms with Gasteiger partial charge in [0.15, 0.2) is 0 Å². The van der Waals surface area contributed by atoms with Crippen LogP contribution in [0, 0.1) is 6.92 Å². The average Bonchev–Trinajstić information content (AvgIpc) is 2.62. The third-order valence-corrected chi connectivity index (χ3v) is 3.68. The summed E-state index contributed by atoms with van der Waals surface area (Å²) in [5.74, 6) is 1.81. The Balaban J connectivity index is 1.75. The molecule has 0 spiro atoms. The van der Waals surface area contributed by atoms with Gasteiger partial charge in [-0.25, -0.2) is 4.98 Å². The Kier molecular flexibility index (Phi) is 5.03. The van der Waals surface area contributed by atoms with Crippen LogP contribution in [0.2, 0.25) is 0 Å². The fourth-order valence-electron chi connectivity index (χ4n) is 2.41. The van der Waals surface area contributed by atoms with Gasteiger partial charge in [0.2, 0.25) is 0 Å². The number of ether oxygens (including phenoxy) is 2. The van der Waals surface area contributed by atoms with Crippen LogP contribution in [0.3, 0.4) is 0 Å². The molecule has 0 atom stereocenters. The highest BCUT2D eigenvalue weighted by atomic mass is 16.5. The van der Waals surface area contributed by atoms with Gasteiger partial charge in [-0.15, -0.1) is 0 Å². The Labute approximate surface area is 151 Å². The number of anilines is 2. The second kappa shape index (κ2) is 7.57. The van der Waals surface area contributed by atoms with E-state index in [0.29, 0.717) is 28.5 Å². The maximum atomic E-state index is 12.4. The second-order valence-corrected chi connectivity index (χ2v) is 5.65. The number of nitrogens with zero attached hydrogens (tertiary/aromatic N) is 1. The van der Waals surface area contributed by atoms with Crippen molar-refractivity contribution in [1.29, 1.82) is 0 Å². The van der Waals surface area contributed by atoms with Crippen molar-refractivity contribution >= 4 is 17.4 Å². The van der Waals surface area contributed by atoms with Gasteiger partial charge in [0, 0.05) is 23.5 Å². The highest BCUT2D eigenvalue weighted by Crippen LogP contribution is 2.27. The highest BCUT2D eigenvalue weighted by molar-refractivity contribution is 6.07. The molecule has 26 heavy (non-hydrogen) atoms. The summed E-state index contributed by atoms with van der Waals surface area (Å²) in [7, 11) is 1.60. The van der Waals surface area contributed by atoms with E-state index in [9.17, 15) is 4.79 Å². The Hall–Kier alpha value is -3.54. The Morgan fingerprint density at radius 1 is 1.00 bits per heavy atom. The first kappa shape index (κ1) is 17.3. The SMILES string of the molecule is COc1cccc(Oc2cccc(NC(=O)c3ccc(C)nc3N)c2)c1. The van der Waals surface area contributed by atoms with Gasteiger partial charge in [0.25, 0.3) is 5.91 Å². The van der Waals surface area contributed by atoms with Crippen molar-refractivity contribution in [3.05, 3.63) is 71.9 Å². The molecule has 0 saturated heterocycles. The summed E-state index contributed by atoms with van der Waals surface area (Å²) in [5, 5.41) is 2.80. The lowest BCUT2D eigenvalue weighted by Crippen LogP contribution is -2.15. The minimum absolute atomic E-state index is 0.200. The average molecular weight is 349 g/mol. The summed E-state index contributed by atoms with van der Waals surface area (Å²) in [6, 6.07) is 17.8. The van der Waals surface area contributed by atoms with Gasteiger partial charge in [0.1, 0.15) is 23.1 Å². The quantitative estimate of drug-likeness (QED) is 0.726. The maximum absolute atomic E-state index is 12.4. The van der Waals surface area contributed by atoms with Gasteiger partial charge < -0.3 is 20.5 Å². The van der Waals surface area contributed by atoms with Gasteiger partial charge in [0.05, 0.1) is 12.7 Å². The number of carbonyl (C=O) groups excluding carboxylic acids is 1. The number of benzene rings is 2. The van der Waals surface area contributed by atoms with Gasteiger partial charge in [-0.1, -0.05) is 12.1 Å². The summed E-state index contributed by atoms with van der Waals surface area (Å²) in [6.07, 6.45) is 0. The van der Waals surface area contributed by atoms with Crippen molar-refractivity contribution in [2.45, 2.75) is 6.92 Å². The van der Waals surface area contributed by atoms with Crippen LogP contribution in [0.4, 0.5) is 11.5 Å². The van der Waals surface area contributed by atoms with Gasteiger partial charge in [-0.3, -0.25) is 4.79 Å². The summed E-state index contributed by atoms with van der Waals surface area (Å²) >= 11 is 0. The van der Waals surface area contributed by atoms with Crippen LogP contribution in [-0.2, 0) is 0 Å². The third-order valence-electron chi connectivity index (χ3n) is 3.68. The molecule has 0 saturated carbocycles. The molecule has 1 aromatic heterocycles. The van der Waals surface area contributed by atoms with E-state index in [-0.39, 0.29) is 11.7 Å². The normalized spacial score (nSPS) is 10.2. The molecule has 1 amide bonds. The number of pyridine rings is 1. The first-order valence-corrected chi connectivity index (χ1v) is 8.01. The molecule has 0 unspecified atom stereocenters. The fourth-order valence-corrected chi connectivity index (χ4v) is 2.41. The molecule has 3 N–H and O–H groups in total. The van der Waals surface area contributed by atoms with E-state index in [4.69, 9.17) is 15.2 Å². The molecular weight excluding hydrogens is 330 g/mol. The van der Waals surface area contributed by atoms with Gasteiger partial charge in [-0.05, 0) is 43.3 Å². The standard InChI is InChI=1S/C20H19N3O3/c1-13-9-10-18(19(21)22-13)20(24)23-14-5-3-7-16(11-14)26-17-8-4-6-15(12-17)25-2/h3-12H,1-2H3,(H2,21,22)(H,23,24). The Morgan fingerprint density at radius 3 is 2.42 bits per heavy atom. The van der Waals surface area contributed by atoms with E-state index in [1.807, 2.05) is 25.1 Å². The predicted octanol–water partition coefficient (Wildman–Crippen LogP) is 4.03. The van der Waals surface area contributed by atoms with Gasteiger partial charge >= 0.3 is 0 Å². The molecule has 3 aromatic rings. The van der Waals surface area contributed by atoms with Crippen molar-refractivity contribution in [2.24, 2.45) is 0 Å². The molecule has 132 valence electrons. The molecule has 6 heteroatoms. The number of carbonyl (C=O) groups is 1. The number of nitrogen functional groups attached to an aromatic ring is 1. The first-order chi connectivity index (χ1) is 12.5. The third kappa shape index (κ3) is 4.10. The van der Waals surface area contributed by atoms with Crippen LogP contribution < -0.4 is 20.5 Å². The largest absolute Gasteiger partial charge is 0.497 e. The van der Waals surface area contributed by atoms with Gasteiger partial charge in [-0.2, -0.15) is 0 Å². The van der Waals surface area contributed by atoms with Crippen LogP contribution in [0.1, 0.15) is 16.1 Å². The number of aromatic nitrogens is 1. The molecule has 0 aliphatic rings. The topological polar surface area (TPSA) is 86.5 Å². The number of rotatable bonds is 5. The number of aryl methyl sites for hydroxylation is 1. The van der Waals surface area contributed by atoms with E-state index in [2.05, 4.69) is 10.3 Å². The first-order valence-electron chi connectivity index (χ1n) is 8.01. The van der Waals surface area contributed by atoms with Crippen molar-refractivity contribution in [3.63, 3.8) is 0 Å². The number of methoxy groups -OCH3 is 1. The lowest BCUT2D eigenvalue weighted by molar-refractivity contribution is 0.102. The molecular formula is C20H19N3O3. The number of nitrogens with two attached hydrogens (primary N) is 1. The van der Waals surface area contributed by atoms with Crippen LogP contribution in [-0.4, -0.2) is 18.0 Å². The van der Waals surface area contributed by atoms with Crippen LogP contribution in [0.15, 0.2) is 60.7 Å². The summed E-state index contributed by atoms with van der Waals surface area (Å²) in [4.78, 5) is 16.5. The van der Waals surface area contributed by atoms with E-state index >= 15 is 0 Å². The van der Waals surface area contributed by atoms with E-state index < -0.39 is 0 Å². The summed E-state index contributed by atoms with van der Waals surface area (Å²) in [5.41, 5.74) is 7.51. The minimum atomic E-state index is -0.325. The van der Waals surface area contributed by atoms with E-state index in [0.717, 1.165) is 5.69 Å². The zero-order chi connectivity index (χ0) is 18.5. The van der Waals surface area contributed by atoms with Crippen LogP contribution >= 0.6 is 0 Å². The van der Waals surface area contributed by atoms with Crippen molar-refractivity contribution in [2.75, 3.05) is 18.2 Å². The lowest BCUT2D eigenvalue weighted by atomic mass is 10.2.